The molecule has 1 N–H and O–H groups in total. The summed E-state index contributed by atoms with van der Waals surface area (Å²) in [5.41, 5.74) is 1.48. The third-order valence-electron chi connectivity index (χ3n) is 3.22. The van der Waals surface area contributed by atoms with E-state index >= 15 is 0 Å². The van der Waals surface area contributed by atoms with E-state index in [1.54, 1.807) is 24.3 Å². The molecular weight excluding hydrogens is 331 g/mol. The smallest absolute Gasteiger partial charge is 0.471 e. The minimum absolute atomic E-state index is 0.0317. The lowest BCUT2D eigenvalue weighted by Gasteiger charge is -2.09. The molecule has 0 spiro atoms. The highest BCUT2D eigenvalue weighted by molar-refractivity contribution is 7.47. The quantitative estimate of drug-likeness (QED) is 0.550. The third-order valence-corrected chi connectivity index (χ3v) is 4.19. The van der Waals surface area contributed by atoms with Crippen LogP contribution < -0.4 is 4.74 Å². The fourth-order valence-corrected chi connectivity index (χ4v) is 2.38. The molecule has 7 heteroatoms. The second-order valence-corrected chi connectivity index (χ2v) is 6.52. The molecular formula is C17H19O6P. The van der Waals surface area contributed by atoms with E-state index in [-0.39, 0.29) is 18.8 Å². The molecule has 0 saturated heterocycles. The van der Waals surface area contributed by atoms with Gasteiger partial charge >= 0.3 is 7.82 Å². The first-order chi connectivity index (χ1) is 11.5. The van der Waals surface area contributed by atoms with Gasteiger partial charge in [-0.05, 0) is 17.7 Å². The molecule has 0 saturated carbocycles. The standard InChI is InChI=1S/C17H19O6P/c1-21-24(19,20)23-11-10-17(18)15-8-5-9-16(12-15)22-13-14-6-3-2-4-7-14/h2-9,12H,10-11,13H2,1H3,(H,19,20). The second-order valence-electron chi connectivity index (χ2n) is 4.96. The lowest BCUT2D eigenvalue weighted by atomic mass is 10.1. The first-order valence-corrected chi connectivity index (χ1v) is 8.83. The summed E-state index contributed by atoms with van der Waals surface area (Å²) in [6.07, 6.45) is -0.0317. The Bertz CT molecular complexity index is 716. The van der Waals surface area contributed by atoms with Crippen LogP contribution in [0.15, 0.2) is 54.6 Å². The number of benzene rings is 2. The second kappa shape index (κ2) is 8.76. The molecule has 24 heavy (non-hydrogen) atoms. The molecule has 0 aromatic heterocycles. The summed E-state index contributed by atoms with van der Waals surface area (Å²) in [5, 5.41) is 0. The molecule has 0 aliphatic heterocycles. The number of hydrogen-bond acceptors (Lipinski definition) is 5. The highest BCUT2D eigenvalue weighted by atomic mass is 31.2. The molecule has 2 aromatic rings. The van der Waals surface area contributed by atoms with Crippen molar-refractivity contribution in [3.05, 3.63) is 65.7 Å². The Morgan fingerprint density at radius 1 is 1.12 bits per heavy atom. The van der Waals surface area contributed by atoms with Gasteiger partial charge in [-0.25, -0.2) is 4.57 Å². The van der Waals surface area contributed by atoms with E-state index in [1.165, 1.54) is 0 Å². The van der Waals surface area contributed by atoms with Crippen molar-refractivity contribution in [3.63, 3.8) is 0 Å². The number of carbonyl (C=O) groups excluding carboxylic acids is 1. The van der Waals surface area contributed by atoms with Gasteiger partial charge in [-0.1, -0.05) is 42.5 Å². The van der Waals surface area contributed by atoms with Crippen molar-refractivity contribution in [2.45, 2.75) is 13.0 Å². The van der Waals surface area contributed by atoms with Crippen molar-refractivity contribution < 1.29 is 28.0 Å². The lowest BCUT2D eigenvalue weighted by molar-refractivity contribution is 0.0946. The van der Waals surface area contributed by atoms with E-state index in [0.29, 0.717) is 17.9 Å². The summed E-state index contributed by atoms with van der Waals surface area (Å²) in [7, 11) is -2.99. The Kier molecular flexibility index (Phi) is 6.70. The number of rotatable bonds is 9. The zero-order valence-corrected chi connectivity index (χ0v) is 14.1. The summed E-state index contributed by atoms with van der Waals surface area (Å²) in [5.74, 6) is 0.367. The van der Waals surface area contributed by atoms with Gasteiger partial charge in [0.25, 0.3) is 0 Å². The Labute approximate surface area is 140 Å². The molecule has 0 heterocycles. The van der Waals surface area contributed by atoms with Crippen molar-refractivity contribution in [2.24, 2.45) is 0 Å². The van der Waals surface area contributed by atoms with Gasteiger partial charge in [0.1, 0.15) is 12.4 Å². The molecule has 0 aliphatic rings. The average Bonchev–Trinajstić information content (AvgIpc) is 2.61. The Hall–Kier alpha value is -1.98. The van der Waals surface area contributed by atoms with Crippen LogP contribution in [0.5, 0.6) is 5.75 Å². The highest BCUT2D eigenvalue weighted by Crippen LogP contribution is 2.41. The Balaban J connectivity index is 1.89. The van der Waals surface area contributed by atoms with Gasteiger partial charge in [0.2, 0.25) is 0 Å². The molecule has 128 valence electrons. The van der Waals surface area contributed by atoms with Gasteiger partial charge in [-0.15, -0.1) is 0 Å². The maximum absolute atomic E-state index is 12.1. The number of ketones is 1. The molecule has 2 aromatic carbocycles. The Morgan fingerprint density at radius 3 is 2.58 bits per heavy atom. The normalized spacial score (nSPS) is 13.2. The van der Waals surface area contributed by atoms with E-state index in [2.05, 4.69) is 9.05 Å². The van der Waals surface area contributed by atoms with Gasteiger partial charge in [-0.2, -0.15) is 0 Å². The van der Waals surface area contributed by atoms with Crippen LogP contribution in [-0.2, 0) is 20.2 Å². The van der Waals surface area contributed by atoms with Crippen LogP contribution in [0.1, 0.15) is 22.3 Å². The number of carbonyl (C=O) groups is 1. The van der Waals surface area contributed by atoms with E-state index in [9.17, 15) is 9.36 Å². The molecule has 6 nitrogen and oxygen atoms in total. The molecule has 1 unspecified atom stereocenters. The molecule has 0 amide bonds. The minimum Gasteiger partial charge on any atom is -0.489 e. The van der Waals surface area contributed by atoms with Crippen molar-refractivity contribution >= 4 is 13.6 Å². The van der Waals surface area contributed by atoms with Crippen molar-refractivity contribution in [1.82, 2.24) is 0 Å². The lowest BCUT2D eigenvalue weighted by Crippen LogP contribution is -2.05. The SMILES string of the molecule is COP(=O)(O)OCCC(=O)c1cccc(OCc2ccccc2)c1. The average molecular weight is 350 g/mol. The van der Waals surface area contributed by atoms with Crippen molar-refractivity contribution in [3.8, 4) is 5.75 Å². The van der Waals surface area contributed by atoms with E-state index in [4.69, 9.17) is 9.63 Å². The molecule has 0 aliphatic carbocycles. The molecule has 0 radical (unpaired) electrons. The number of phosphoric ester groups is 1. The van der Waals surface area contributed by atoms with Gasteiger partial charge in [0.15, 0.2) is 5.78 Å². The van der Waals surface area contributed by atoms with E-state index in [1.807, 2.05) is 30.3 Å². The van der Waals surface area contributed by atoms with Crippen LogP contribution in [0, 0.1) is 0 Å². The van der Waals surface area contributed by atoms with Gasteiger partial charge in [0, 0.05) is 19.1 Å². The number of phosphoric acid groups is 1. The topological polar surface area (TPSA) is 82.1 Å². The van der Waals surface area contributed by atoms with Crippen molar-refractivity contribution in [2.75, 3.05) is 13.7 Å². The number of Topliss-reactive ketones (excluding diaryl/α,β-unsaturated/α-hetero) is 1. The van der Waals surface area contributed by atoms with Crippen LogP contribution in [0.3, 0.4) is 0 Å². The zero-order chi connectivity index (χ0) is 17.4. The van der Waals surface area contributed by atoms with Crippen LogP contribution in [0.25, 0.3) is 0 Å². The van der Waals surface area contributed by atoms with E-state index in [0.717, 1.165) is 12.7 Å². The fourth-order valence-electron chi connectivity index (χ4n) is 1.95. The first kappa shape index (κ1) is 18.4. The van der Waals surface area contributed by atoms with Gasteiger partial charge in [0.05, 0.1) is 6.61 Å². The Morgan fingerprint density at radius 2 is 1.88 bits per heavy atom. The third kappa shape index (κ3) is 5.91. The maximum atomic E-state index is 12.1. The van der Waals surface area contributed by atoms with E-state index < -0.39 is 7.82 Å². The van der Waals surface area contributed by atoms with Gasteiger partial charge in [-0.3, -0.25) is 13.8 Å². The molecule has 0 fully saturated rings. The summed E-state index contributed by atoms with van der Waals surface area (Å²) in [6, 6.07) is 16.5. The highest BCUT2D eigenvalue weighted by Gasteiger charge is 2.19. The van der Waals surface area contributed by atoms with Crippen LogP contribution in [0.4, 0.5) is 0 Å². The zero-order valence-electron chi connectivity index (χ0n) is 13.3. The van der Waals surface area contributed by atoms with Crippen LogP contribution in [-0.4, -0.2) is 24.4 Å². The maximum Gasteiger partial charge on any atom is 0.471 e. The predicted octanol–water partition coefficient (Wildman–Crippen LogP) is 3.60. The minimum atomic E-state index is -4.05. The van der Waals surface area contributed by atoms with Crippen molar-refractivity contribution in [1.29, 1.82) is 0 Å². The summed E-state index contributed by atoms with van der Waals surface area (Å²) in [6.45, 7) is 0.207. The first-order valence-electron chi connectivity index (χ1n) is 7.33. The monoisotopic (exact) mass is 350 g/mol. The molecule has 2 rings (SSSR count). The number of hydrogen-bond donors (Lipinski definition) is 1. The fraction of sp³-hybridized carbons (Fsp3) is 0.235. The summed E-state index contributed by atoms with van der Waals surface area (Å²) >= 11 is 0. The predicted molar refractivity (Wildman–Crippen MR) is 88.9 cm³/mol. The molecule has 1 atom stereocenters. The van der Waals surface area contributed by atoms with Crippen LogP contribution >= 0.6 is 7.82 Å². The largest absolute Gasteiger partial charge is 0.489 e. The summed E-state index contributed by atoms with van der Waals surface area (Å²) < 4.78 is 25.7. The van der Waals surface area contributed by atoms with Gasteiger partial charge < -0.3 is 9.63 Å². The molecule has 0 bridgehead atoms. The van der Waals surface area contributed by atoms with Crippen LogP contribution in [0.2, 0.25) is 0 Å². The summed E-state index contributed by atoms with van der Waals surface area (Å²) in [4.78, 5) is 21.2. The number of ether oxygens (including phenoxy) is 1.